The van der Waals surface area contributed by atoms with Crippen molar-refractivity contribution in [3.05, 3.63) is 46.3 Å². The molecular formula is C16H16IN5O2. The standard InChI is InChI=1S/C16H16IN5O2/c17-11-1-6-19-12(9-11)15(2-3-15)20-13(23)16(4-5-16)21-14(24)22-8-7-18-10-22/h1,6-10H,2-5H2,(H,20,23)(H,21,24). The van der Waals surface area contributed by atoms with Crippen LogP contribution in [0.15, 0.2) is 37.1 Å². The molecule has 2 aliphatic carbocycles. The lowest BCUT2D eigenvalue weighted by atomic mass is 10.1. The minimum atomic E-state index is -0.807. The van der Waals surface area contributed by atoms with Gasteiger partial charge in [-0.25, -0.2) is 9.78 Å². The first kappa shape index (κ1) is 15.6. The Morgan fingerprint density at radius 3 is 2.54 bits per heavy atom. The molecule has 2 aromatic heterocycles. The summed E-state index contributed by atoms with van der Waals surface area (Å²) in [5.74, 6) is -0.130. The molecule has 0 saturated heterocycles. The molecule has 7 nitrogen and oxygen atoms in total. The van der Waals surface area contributed by atoms with E-state index < -0.39 is 5.54 Å². The molecule has 0 bridgehead atoms. The van der Waals surface area contributed by atoms with Gasteiger partial charge in [-0.05, 0) is 60.4 Å². The Balaban J connectivity index is 1.47. The van der Waals surface area contributed by atoms with Crippen molar-refractivity contribution < 1.29 is 9.59 Å². The lowest BCUT2D eigenvalue weighted by Gasteiger charge is -2.22. The first-order valence-electron chi connectivity index (χ1n) is 7.78. The molecule has 2 N–H and O–H groups in total. The Morgan fingerprint density at radius 2 is 1.96 bits per heavy atom. The second-order valence-corrected chi connectivity index (χ2v) is 7.62. The molecule has 2 aliphatic rings. The molecule has 8 heteroatoms. The zero-order chi connectivity index (χ0) is 16.8. The Kier molecular flexibility index (Phi) is 3.59. The highest BCUT2D eigenvalue weighted by atomic mass is 127. The second-order valence-electron chi connectivity index (χ2n) is 6.38. The van der Waals surface area contributed by atoms with Crippen molar-refractivity contribution in [1.82, 2.24) is 25.2 Å². The molecule has 2 aromatic rings. The fourth-order valence-corrected chi connectivity index (χ4v) is 3.21. The third kappa shape index (κ3) is 2.79. The first-order chi connectivity index (χ1) is 11.5. The first-order valence-corrected chi connectivity index (χ1v) is 8.86. The van der Waals surface area contributed by atoms with Crippen LogP contribution in [0.1, 0.15) is 31.4 Å². The molecule has 2 amide bonds. The number of amides is 2. The lowest BCUT2D eigenvalue weighted by Crippen LogP contribution is -2.52. The number of nitrogens with zero attached hydrogens (tertiary/aromatic N) is 3. The van der Waals surface area contributed by atoms with Gasteiger partial charge in [-0.2, -0.15) is 0 Å². The molecule has 0 spiro atoms. The van der Waals surface area contributed by atoms with Crippen LogP contribution in [0.4, 0.5) is 4.79 Å². The second kappa shape index (κ2) is 5.54. The number of pyridine rings is 1. The smallest absolute Gasteiger partial charge is 0.327 e. The Morgan fingerprint density at radius 1 is 1.17 bits per heavy atom. The van der Waals surface area contributed by atoms with E-state index in [-0.39, 0.29) is 17.5 Å². The maximum atomic E-state index is 12.8. The third-order valence-electron chi connectivity index (χ3n) is 4.58. The molecule has 0 radical (unpaired) electrons. The van der Waals surface area contributed by atoms with Crippen LogP contribution in [0, 0.1) is 3.57 Å². The predicted molar refractivity (Wildman–Crippen MR) is 94.1 cm³/mol. The van der Waals surface area contributed by atoms with E-state index >= 15 is 0 Å². The molecule has 0 aliphatic heterocycles. The molecule has 2 fully saturated rings. The van der Waals surface area contributed by atoms with Gasteiger partial charge in [-0.1, -0.05) is 0 Å². The number of nitrogens with one attached hydrogen (secondary N) is 2. The van der Waals surface area contributed by atoms with Gasteiger partial charge in [0, 0.05) is 22.2 Å². The Bertz CT molecular complexity index is 797. The van der Waals surface area contributed by atoms with Crippen LogP contribution in [0.5, 0.6) is 0 Å². The molecule has 0 unspecified atom stereocenters. The summed E-state index contributed by atoms with van der Waals surface area (Å²) in [5.41, 5.74) is -0.300. The molecule has 24 heavy (non-hydrogen) atoms. The summed E-state index contributed by atoms with van der Waals surface area (Å²) in [6, 6.07) is 3.59. The highest BCUT2D eigenvalue weighted by Gasteiger charge is 2.56. The summed E-state index contributed by atoms with van der Waals surface area (Å²) in [5, 5.41) is 5.95. The van der Waals surface area contributed by atoms with Crippen LogP contribution >= 0.6 is 22.6 Å². The molecular weight excluding hydrogens is 421 g/mol. The predicted octanol–water partition coefficient (Wildman–Crippen LogP) is 1.78. The number of aromatic nitrogens is 3. The fraction of sp³-hybridized carbons (Fsp3) is 0.375. The largest absolute Gasteiger partial charge is 0.343 e. The molecule has 4 rings (SSSR count). The summed E-state index contributed by atoms with van der Waals surface area (Å²) < 4.78 is 2.43. The van der Waals surface area contributed by atoms with Gasteiger partial charge in [0.15, 0.2) is 0 Å². The van der Waals surface area contributed by atoms with Gasteiger partial charge in [0.25, 0.3) is 0 Å². The topological polar surface area (TPSA) is 88.9 Å². The van der Waals surface area contributed by atoms with Crippen LogP contribution in [0.3, 0.4) is 0 Å². The van der Waals surface area contributed by atoms with E-state index in [0.29, 0.717) is 12.8 Å². The lowest BCUT2D eigenvalue weighted by molar-refractivity contribution is -0.125. The molecule has 124 valence electrons. The van der Waals surface area contributed by atoms with E-state index in [1.165, 1.54) is 17.1 Å². The maximum absolute atomic E-state index is 12.8. The monoisotopic (exact) mass is 437 g/mol. The van der Waals surface area contributed by atoms with Gasteiger partial charge in [-0.15, -0.1) is 0 Å². The van der Waals surface area contributed by atoms with Crippen LogP contribution in [-0.4, -0.2) is 32.0 Å². The van der Waals surface area contributed by atoms with Crippen LogP contribution in [-0.2, 0) is 10.3 Å². The highest BCUT2D eigenvalue weighted by Crippen LogP contribution is 2.46. The van der Waals surface area contributed by atoms with E-state index in [9.17, 15) is 9.59 Å². The van der Waals surface area contributed by atoms with Gasteiger partial charge in [0.05, 0.1) is 11.2 Å². The number of rotatable bonds is 4. The summed E-state index contributed by atoms with van der Waals surface area (Å²) in [7, 11) is 0. The summed E-state index contributed by atoms with van der Waals surface area (Å²) >= 11 is 2.24. The molecule has 2 heterocycles. The van der Waals surface area contributed by atoms with Gasteiger partial charge in [-0.3, -0.25) is 14.3 Å². The van der Waals surface area contributed by atoms with Crippen molar-refractivity contribution in [1.29, 1.82) is 0 Å². The molecule has 2 saturated carbocycles. The maximum Gasteiger partial charge on any atom is 0.327 e. The number of carbonyl (C=O) groups excluding carboxylic acids is 2. The van der Waals surface area contributed by atoms with Crippen molar-refractivity contribution in [2.75, 3.05) is 0 Å². The average molecular weight is 437 g/mol. The zero-order valence-electron chi connectivity index (χ0n) is 12.8. The van der Waals surface area contributed by atoms with E-state index in [4.69, 9.17) is 0 Å². The van der Waals surface area contributed by atoms with Crippen LogP contribution in [0.2, 0.25) is 0 Å². The van der Waals surface area contributed by atoms with E-state index in [0.717, 1.165) is 22.1 Å². The summed E-state index contributed by atoms with van der Waals surface area (Å²) in [4.78, 5) is 33.2. The van der Waals surface area contributed by atoms with E-state index in [1.807, 2.05) is 12.1 Å². The SMILES string of the molecule is O=C(NC1(C(=O)NC2(c3cc(I)ccn3)CC2)CC1)n1ccnc1. The zero-order valence-corrected chi connectivity index (χ0v) is 15.0. The summed E-state index contributed by atoms with van der Waals surface area (Å²) in [6.07, 6.45) is 9.31. The Labute approximate surface area is 152 Å². The van der Waals surface area contributed by atoms with Crippen LogP contribution in [0.25, 0.3) is 0 Å². The number of imidazole rings is 1. The minimum absolute atomic E-state index is 0.130. The Hall–Kier alpha value is -1.97. The van der Waals surface area contributed by atoms with Crippen molar-refractivity contribution in [2.45, 2.75) is 36.8 Å². The average Bonchev–Trinajstić information content (AvgIpc) is 3.46. The van der Waals surface area contributed by atoms with Gasteiger partial charge < -0.3 is 10.6 Å². The highest BCUT2D eigenvalue weighted by molar-refractivity contribution is 14.1. The number of hydrogen-bond donors (Lipinski definition) is 2. The van der Waals surface area contributed by atoms with Gasteiger partial charge >= 0.3 is 6.03 Å². The van der Waals surface area contributed by atoms with Crippen molar-refractivity contribution >= 4 is 34.5 Å². The van der Waals surface area contributed by atoms with Crippen molar-refractivity contribution in [2.24, 2.45) is 0 Å². The quantitative estimate of drug-likeness (QED) is 0.714. The fourth-order valence-electron chi connectivity index (χ4n) is 2.76. The molecule has 0 aromatic carbocycles. The number of carbonyl (C=O) groups is 2. The normalized spacial score (nSPS) is 19.4. The van der Waals surface area contributed by atoms with Crippen LogP contribution < -0.4 is 10.6 Å². The number of halogens is 1. The van der Waals surface area contributed by atoms with Gasteiger partial charge in [0.2, 0.25) is 5.91 Å². The van der Waals surface area contributed by atoms with E-state index in [2.05, 4.69) is 43.2 Å². The third-order valence-corrected chi connectivity index (χ3v) is 5.26. The number of hydrogen-bond acceptors (Lipinski definition) is 4. The van der Waals surface area contributed by atoms with Crippen molar-refractivity contribution in [3.8, 4) is 0 Å². The summed E-state index contributed by atoms with van der Waals surface area (Å²) in [6.45, 7) is 0. The van der Waals surface area contributed by atoms with Crippen molar-refractivity contribution in [3.63, 3.8) is 0 Å². The molecule has 0 atom stereocenters. The minimum Gasteiger partial charge on any atom is -0.343 e. The van der Waals surface area contributed by atoms with E-state index in [1.54, 1.807) is 12.4 Å². The van der Waals surface area contributed by atoms with Gasteiger partial charge in [0.1, 0.15) is 11.9 Å².